The summed E-state index contributed by atoms with van der Waals surface area (Å²) in [5.74, 6) is 0. The van der Waals surface area contributed by atoms with Gasteiger partial charge in [0.2, 0.25) is 10.0 Å². The number of hydrogen-bond acceptors (Lipinski definition) is 4. The van der Waals surface area contributed by atoms with E-state index >= 15 is 0 Å². The first-order chi connectivity index (χ1) is 11.4. The van der Waals surface area contributed by atoms with E-state index in [0.717, 1.165) is 22.3 Å². The van der Waals surface area contributed by atoms with Gasteiger partial charge < -0.3 is 0 Å². The standard InChI is InChI=1S/C16H21N5O2S/c1-12-5-7-14(8-6-12)24(22,23)18-9-4-10-21-16-13(2)19-20(3)15(16)11-17-21/h5-8,11,18H,4,9-10H2,1-3H3. The van der Waals surface area contributed by atoms with Crippen LogP contribution in [0.15, 0.2) is 35.4 Å². The molecule has 24 heavy (non-hydrogen) atoms. The number of hydrogen-bond donors (Lipinski definition) is 1. The highest BCUT2D eigenvalue weighted by molar-refractivity contribution is 7.89. The van der Waals surface area contributed by atoms with Crippen LogP contribution < -0.4 is 4.72 Å². The van der Waals surface area contributed by atoms with Crippen LogP contribution in [0, 0.1) is 13.8 Å². The number of rotatable bonds is 6. The van der Waals surface area contributed by atoms with Crippen LogP contribution in [0.1, 0.15) is 17.7 Å². The Bertz CT molecular complexity index is 954. The molecule has 0 aliphatic carbocycles. The van der Waals surface area contributed by atoms with Crippen LogP contribution in [0.25, 0.3) is 11.0 Å². The predicted molar refractivity (Wildman–Crippen MR) is 92.2 cm³/mol. The van der Waals surface area contributed by atoms with Crippen LogP contribution in [-0.4, -0.2) is 34.5 Å². The summed E-state index contributed by atoms with van der Waals surface area (Å²) >= 11 is 0. The Labute approximate surface area is 141 Å². The predicted octanol–water partition coefficient (Wildman–Crippen LogP) is 1.76. The molecule has 0 spiro atoms. The van der Waals surface area contributed by atoms with Gasteiger partial charge in [-0.25, -0.2) is 13.1 Å². The second-order valence-electron chi connectivity index (χ2n) is 5.87. The first kappa shape index (κ1) is 16.7. The van der Waals surface area contributed by atoms with E-state index in [2.05, 4.69) is 14.9 Å². The van der Waals surface area contributed by atoms with Gasteiger partial charge in [0.1, 0.15) is 11.0 Å². The minimum Gasteiger partial charge on any atom is -0.264 e. The van der Waals surface area contributed by atoms with Gasteiger partial charge in [0.15, 0.2) is 0 Å². The number of sulfonamides is 1. The highest BCUT2D eigenvalue weighted by Crippen LogP contribution is 2.17. The molecule has 8 heteroatoms. The van der Waals surface area contributed by atoms with Crippen molar-refractivity contribution >= 4 is 21.1 Å². The first-order valence-electron chi connectivity index (χ1n) is 7.80. The zero-order chi connectivity index (χ0) is 17.3. The van der Waals surface area contributed by atoms with Crippen LogP contribution >= 0.6 is 0 Å². The van der Waals surface area contributed by atoms with Gasteiger partial charge in [-0.3, -0.25) is 9.36 Å². The minimum absolute atomic E-state index is 0.290. The molecule has 0 bridgehead atoms. The highest BCUT2D eigenvalue weighted by atomic mass is 32.2. The van der Waals surface area contributed by atoms with Crippen LogP contribution in [0.3, 0.4) is 0 Å². The average Bonchev–Trinajstić information content (AvgIpc) is 3.07. The fraction of sp³-hybridized carbons (Fsp3) is 0.375. The normalized spacial score (nSPS) is 12.1. The summed E-state index contributed by atoms with van der Waals surface area (Å²) < 4.78 is 30.8. The fourth-order valence-corrected chi connectivity index (χ4v) is 3.79. The van der Waals surface area contributed by atoms with Crippen LogP contribution in [-0.2, 0) is 23.6 Å². The summed E-state index contributed by atoms with van der Waals surface area (Å²) in [7, 11) is -1.57. The third-order valence-electron chi connectivity index (χ3n) is 3.98. The van der Waals surface area contributed by atoms with Gasteiger partial charge in [0, 0.05) is 20.1 Å². The van der Waals surface area contributed by atoms with Gasteiger partial charge in [0.25, 0.3) is 0 Å². The van der Waals surface area contributed by atoms with Crippen molar-refractivity contribution in [3.8, 4) is 0 Å². The van der Waals surface area contributed by atoms with E-state index in [9.17, 15) is 8.42 Å². The van der Waals surface area contributed by atoms with Gasteiger partial charge in [-0.15, -0.1) is 0 Å². The molecular formula is C16H21N5O2S. The summed E-state index contributed by atoms with van der Waals surface area (Å²) in [6, 6.07) is 6.82. The lowest BCUT2D eigenvalue weighted by Crippen LogP contribution is -2.25. The molecule has 3 aromatic rings. The van der Waals surface area contributed by atoms with Gasteiger partial charge in [0.05, 0.1) is 16.8 Å². The molecule has 0 fully saturated rings. The van der Waals surface area contributed by atoms with Crippen molar-refractivity contribution in [2.45, 2.75) is 31.7 Å². The molecule has 0 aliphatic heterocycles. The Balaban J connectivity index is 1.61. The van der Waals surface area contributed by atoms with E-state index in [1.165, 1.54) is 0 Å². The summed E-state index contributed by atoms with van der Waals surface area (Å²) in [6.07, 6.45) is 2.43. The lowest BCUT2D eigenvalue weighted by molar-refractivity contribution is 0.559. The third kappa shape index (κ3) is 3.20. The zero-order valence-electron chi connectivity index (χ0n) is 14.0. The number of nitrogens with one attached hydrogen (secondary N) is 1. The van der Waals surface area contributed by atoms with Gasteiger partial charge >= 0.3 is 0 Å². The van der Waals surface area contributed by atoms with Crippen molar-refractivity contribution in [1.29, 1.82) is 0 Å². The van der Waals surface area contributed by atoms with E-state index in [1.54, 1.807) is 35.1 Å². The van der Waals surface area contributed by atoms with Crippen LogP contribution in [0.4, 0.5) is 0 Å². The topological polar surface area (TPSA) is 81.8 Å². The van der Waals surface area contributed by atoms with Crippen molar-refractivity contribution in [1.82, 2.24) is 24.3 Å². The Morgan fingerprint density at radius 1 is 1.17 bits per heavy atom. The molecule has 1 N–H and O–H groups in total. The van der Waals surface area contributed by atoms with E-state index < -0.39 is 10.0 Å². The molecule has 0 aliphatic rings. The second-order valence-corrected chi connectivity index (χ2v) is 7.64. The summed E-state index contributed by atoms with van der Waals surface area (Å²) in [5, 5.41) is 8.73. The Morgan fingerprint density at radius 3 is 2.58 bits per heavy atom. The fourth-order valence-electron chi connectivity index (χ4n) is 2.72. The number of nitrogens with zero attached hydrogens (tertiary/aromatic N) is 4. The van der Waals surface area contributed by atoms with Crippen molar-refractivity contribution in [3.63, 3.8) is 0 Å². The molecule has 0 unspecified atom stereocenters. The van der Waals surface area contributed by atoms with Crippen molar-refractivity contribution in [2.24, 2.45) is 7.05 Å². The van der Waals surface area contributed by atoms with Crippen molar-refractivity contribution in [3.05, 3.63) is 41.7 Å². The quantitative estimate of drug-likeness (QED) is 0.689. The van der Waals surface area contributed by atoms with E-state index in [-0.39, 0.29) is 4.90 Å². The molecule has 1 aromatic carbocycles. The second kappa shape index (κ2) is 6.37. The minimum atomic E-state index is -3.46. The first-order valence-corrected chi connectivity index (χ1v) is 9.28. The summed E-state index contributed by atoms with van der Waals surface area (Å²) in [4.78, 5) is 0.290. The molecule has 0 saturated carbocycles. The Kier molecular flexibility index (Phi) is 4.42. The average molecular weight is 347 g/mol. The molecule has 0 amide bonds. The van der Waals surface area contributed by atoms with Crippen LogP contribution in [0.2, 0.25) is 0 Å². The van der Waals surface area contributed by atoms with E-state index in [1.807, 2.05) is 25.6 Å². The molecule has 2 heterocycles. The van der Waals surface area contributed by atoms with E-state index in [0.29, 0.717) is 19.5 Å². The zero-order valence-corrected chi connectivity index (χ0v) is 14.8. The number of benzene rings is 1. The number of aryl methyl sites for hydroxylation is 4. The number of fused-ring (bicyclic) bond motifs is 1. The molecule has 7 nitrogen and oxygen atoms in total. The molecule has 2 aromatic heterocycles. The van der Waals surface area contributed by atoms with E-state index in [4.69, 9.17) is 0 Å². The molecule has 0 atom stereocenters. The molecule has 128 valence electrons. The Hall–Kier alpha value is -2.19. The smallest absolute Gasteiger partial charge is 0.240 e. The lowest BCUT2D eigenvalue weighted by atomic mass is 10.2. The lowest BCUT2D eigenvalue weighted by Gasteiger charge is -2.07. The number of aromatic nitrogens is 4. The molecule has 0 radical (unpaired) electrons. The molecular weight excluding hydrogens is 326 g/mol. The maximum Gasteiger partial charge on any atom is 0.240 e. The van der Waals surface area contributed by atoms with Gasteiger partial charge in [-0.05, 0) is 32.4 Å². The maximum atomic E-state index is 12.2. The summed E-state index contributed by atoms with van der Waals surface area (Å²) in [6.45, 7) is 4.86. The van der Waals surface area contributed by atoms with Crippen LogP contribution in [0.5, 0.6) is 0 Å². The van der Waals surface area contributed by atoms with Gasteiger partial charge in [-0.1, -0.05) is 17.7 Å². The van der Waals surface area contributed by atoms with Gasteiger partial charge in [-0.2, -0.15) is 10.2 Å². The van der Waals surface area contributed by atoms with Crippen molar-refractivity contribution < 1.29 is 8.42 Å². The SMILES string of the molecule is Cc1ccc(S(=O)(=O)NCCCn2ncc3c2c(C)nn3C)cc1. The molecule has 0 saturated heterocycles. The Morgan fingerprint density at radius 2 is 1.88 bits per heavy atom. The maximum absolute atomic E-state index is 12.2. The third-order valence-corrected chi connectivity index (χ3v) is 5.46. The monoisotopic (exact) mass is 347 g/mol. The summed E-state index contributed by atoms with van der Waals surface area (Å²) in [5.41, 5.74) is 3.93. The molecule has 3 rings (SSSR count). The highest BCUT2D eigenvalue weighted by Gasteiger charge is 2.14. The largest absolute Gasteiger partial charge is 0.264 e. The van der Waals surface area contributed by atoms with Crippen molar-refractivity contribution in [2.75, 3.05) is 6.54 Å².